The molecule has 0 unspecified atom stereocenters. The van der Waals surface area contributed by atoms with E-state index in [9.17, 15) is 0 Å². The van der Waals surface area contributed by atoms with Crippen LogP contribution in [0.4, 0.5) is 0 Å². The lowest BCUT2D eigenvalue weighted by Gasteiger charge is -2.01. The molecule has 0 saturated heterocycles. The van der Waals surface area contributed by atoms with E-state index in [1.807, 2.05) is 30.3 Å². The van der Waals surface area contributed by atoms with Gasteiger partial charge in [-0.1, -0.05) is 29.8 Å². The average Bonchev–Trinajstić information content (AvgIpc) is 2.29. The zero-order valence-corrected chi connectivity index (χ0v) is 9.07. The molecule has 4 heteroatoms. The normalized spacial score (nSPS) is 10.3. The molecule has 0 fully saturated rings. The quantitative estimate of drug-likeness (QED) is 0.442. The van der Waals surface area contributed by atoms with Gasteiger partial charge in [0.15, 0.2) is 0 Å². The maximum Gasteiger partial charge on any atom is 0.129 e. The van der Waals surface area contributed by atoms with Crippen LogP contribution in [0.15, 0.2) is 42.6 Å². The molecule has 0 aliphatic rings. The summed E-state index contributed by atoms with van der Waals surface area (Å²) in [6, 6.07) is 11.8. The Kier molecular flexibility index (Phi) is 2.73. The van der Waals surface area contributed by atoms with Crippen LogP contribution in [-0.4, -0.2) is 15.4 Å². The lowest BCUT2D eigenvalue weighted by Crippen LogP contribution is -1.84. The number of hydrogen-bond donors (Lipinski definition) is 0. The van der Waals surface area contributed by atoms with Gasteiger partial charge in [0.2, 0.25) is 0 Å². The summed E-state index contributed by atoms with van der Waals surface area (Å²) in [5, 5.41) is 2.64. The molecule has 2 heterocycles. The van der Waals surface area contributed by atoms with E-state index in [1.54, 1.807) is 12.3 Å². The van der Waals surface area contributed by atoms with Crippen molar-refractivity contribution in [3.05, 3.63) is 47.7 Å². The highest BCUT2D eigenvalue weighted by atomic mass is 35.5. The van der Waals surface area contributed by atoms with Crippen LogP contribution < -0.4 is 0 Å². The van der Waals surface area contributed by atoms with E-state index in [-0.39, 0.29) is 5.48 Å². The molecular weight excluding hydrogens is 224 g/mol. The van der Waals surface area contributed by atoms with Gasteiger partial charge >= 0.3 is 0 Å². The van der Waals surface area contributed by atoms with E-state index in [4.69, 9.17) is 11.6 Å². The van der Waals surface area contributed by atoms with E-state index < -0.39 is 0 Å². The summed E-state index contributed by atoms with van der Waals surface area (Å²) >= 11 is 5.88. The summed E-state index contributed by atoms with van der Waals surface area (Å²) in [4.78, 5) is 8.64. The minimum atomic E-state index is 0. The zero-order chi connectivity index (χ0) is 10.3. The van der Waals surface area contributed by atoms with Crippen LogP contribution in [0.5, 0.6) is 0 Å². The van der Waals surface area contributed by atoms with Crippen LogP contribution in [0.3, 0.4) is 0 Å². The summed E-state index contributed by atoms with van der Waals surface area (Å²) in [6.45, 7) is 0. The highest BCUT2D eigenvalue weighted by molar-refractivity contribution is 6.30. The molecule has 16 heavy (non-hydrogen) atoms. The third-order valence-corrected chi connectivity index (χ3v) is 2.61. The van der Waals surface area contributed by atoms with Crippen molar-refractivity contribution in [2.75, 3.05) is 0 Å². The smallest absolute Gasteiger partial charge is 0.129 e. The first kappa shape index (κ1) is 10.8. The molecule has 0 aliphatic carbocycles. The van der Waals surface area contributed by atoms with E-state index >= 15 is 0 Å². The fourth-order valence-electron chi connectivity index (χ4n) is 1.70. The van der Waals surface area contributed by atoms with E-state index in [2.05, 4.69) is 9.97 Å². The molecule has 0 saturated carbocycles. The molecule has 3 nitrogen and oxygen atoms in total. The second-order valence-corrected chi connectivity index (χ2v) is 3.73. The lowest BCUT2D eigenvalue weighted by atomic mass is 10.1. The molecular formula is C12H9ClN2O. The molecule has 80 valence electrons. The maximum absolute atomic E-state index is 5.88. The molecule has 0 amide bonds. The largest absolute Gasteiger partial charge is 0.412 e. The number of nitrogens with zero attached hydrogens (tertiary/aromatic N) is 2. The Morgan fingerprint density at radius 2 is 1.56 bits per heavy atom. The number of rotatable bonds is 0. The lowest BCUT2D eigenvalue weighted by molar-refractivity contribution is 0.824. The Morgan fingerprint density at radius 3 is 2.38 bits per heavy atom. The number of halogens is 1. The Bertz CT molecular complexity index is 655. The third-order valence-electron chi connectivity index (χ3n) is 2.40. The molecule has 0 radical (unpaired) electrons. The van der Waals surface area contributed by atoms with Crippen molar-refractivity contribution in [1.29, 1.82) is 0 Å². The van der Waals surface area contributed by atoms with Gasteiger partial charge in [-0.15, -0.1) is 0 Å². The van der Waals surface area contributed by atoms with Crippen molar-refractivity contribution in [3.8, 4) is 0 Å². The average molecular weight is 233 g/mol. The number of benzene rings is 1. The number of fused-ring (bicyclic) bond motifs is 3. The molecule has 3 rings (SSSR count). The number of pyridine rings is 2. The Hall–Kier alpha value is -1.71. The van der Waals surface area contributed by atoms with Crippen LogP contribution in [0.25, 0.3) is 21.8 Å². The van der Waals surface area contributed by atoms with Crippen LogP contribution in [0.2, 0.25) is 5.15 Å². The van der Waals surface area contributed by atoms with Gasteiger partial charge < -0.3 is 5.48 Å². The van der Waals surface area contributed by atoms with E-state index in [0.29, 0.717) is 5.15 Å². The predicted octanol–water partition coefficient (Wildman–Crippen LogP) is 2.61. The van der Waals surface area contributed by atoms with Crippen molar-refractivity contribution in [2.24, 2.45) is 0 Å². The maximum atomic E-state index is 5.88. The minimum Gasteiger partial charge on any atom is -0.412 e. The zero-order valence-electron chi connectivity index (χ0n) is 8.31. The molecule has 0 spiro atoms. The topological polar surface area (TPSA) is 57.3 Å². The van der Waals surface area contributed by atoms with Crippen LogP contribution >= 0.6 is 11.6 Å². The van der Waals surface area contributed by atoms with E-state index in [0.717, 1.165) is 21.8 Å². The Balaban J connectivity index is 0.000000963. The van der Waals surface area contributed by atoms with E-state index in [1.165, 1.54) is 0 Å². The van der Waals surface area contributed by atoms with Gasteiger partial charge in [-0.2, -0.15) is 0 Å². The van der Waals surface area contributed by atoms with Gasteiger partial charge in [0.05, 0.1) is 11.0 Å². The predicted molar refractivity (Wildman–Crippen MR) is 65.7 cm³/mol. The molecule has 2 aromatic heterocycles. The summed E-state index contributed by atoms with van der Waals surface area (Å²) in [5.74, 6) is 0. The summed E-state index contributed by atoms with van der Waals surface area (Å²) in [5.41, 5.74) is 1.76. The fourth-order valence-corrected chi connectivity index (χ4v) is 1.85. The monoisotopic (exact) mass is 232 g/mol. The SMILES string of the molecule is Clc1ccc2ccc3cccnc3c2n1.O. The van der Waals surface area contributed by atoms with Gasteiger partial charge in [0.25, 0.3) is 0 Å². The summed E-state index contributed by atoms with van der Waals surface area (Å²) in [7, 11) is 0. The number of aromatic nitrogens is 2. The highest BCUT2D eigenvalue weighted by Gasteiger charge is 2.02. The van der Waals surface area contributed by atoms with Gasteiger partial charge in [-0.25, -0.2) is 4.98 Å². The molecule has 1 aromatic carbocycles. The third kappa shape index (κ3) is 1.60. The van der Waals surface area contributed by atoms with Gasteiger partial charge in [-0.3, -0.25) is 4.98 Å². The fraction of sp³-hybridized carbons (Fsp3) is 0. The standard InChI is InChI=1S/C12H7ClN2.H2O/c13-10-6-5-9-4-3-8-2-1-7-14-11(8)12(9)15-10;/h1-7H;1H2. The van der Waals surface area contributed by atoms with Crippen molar-refractivity contribution < 1.29 is 5.48 Å². The van der Waals surface area contributed by atoms with Crippen molar-refractivity contribution in [2.45, 2.75) is 0 Å². The Labute approximate surface area is 97.0 Å². The minimum absolute atomic E-state index is 0. The molecule has 0 atom stereocenters. The van der Waals surface area contributed by atoms with Crippen molar-refractivity contribution in [3.63, 3.8) is 0 Å². The summed E-state index contributed by atoms with van der Waals surface area (Å²) < 4.78 is 0. The first-order valence-corrected chi connectivity index (χ1v) is 5.02. The molecule has 0 aliphatic heterocycles. The highest BCUT2D eigenvalue weighted by Crippen LogP contribution is 2.22. The van der Waals surface area contributed by atoms with Crippen molar-refractivity contribution >= 4 is 33.4 Å². The molecule has 3 aromatic rings. The van der Waals surface area contributed by atoms with Crippen molar-refractivity contribution in [1.82, 2.24) is 9.97 Å². The first-order chi connectivity index (χ1) is 7.34. The second kappa shape index (κ2) is 4.04. The van der Waals surface area contributed by atoms with Gasteiger partial charge in [0, 0.05) is 17.0 Å². The van der Waals surface area contributed by atoms with Crippen LogP contribution in [-0.2, 0) is 0 Å². The first-order valence-electron chi connectivity index (χ1n) is 4.64. The Morgan fingerprint density at radius 1 is 0.875 bits per heavy atom. The second-order valence-electron chi connectivity index (χ2n) is 3.35. The van der Waals surface area contributed by atoms with Gasteiger partial charge in [0.1, 0.15) is 5.15 Å². The van der Waals surface area contributed by atoms with Crippen LogP contribution in [0.1, 0.15) is 0 Å². The van der Waals surface area contributed by atoms with Gasteiger partial charge in [-0.05, 0) is 18.2 Å². The summed E-state index contributed by atoms with van der Waals surface area (Å²) in [6.07, 6.45) is 1.77. The molecule has 0 bridgehead atoms. The number of hydrogen-bond acceptors (Lipinski definition) is 2. The molecule has 2 N–H and O–H groups in total. The van der Waals surface area contributed by atoms with Crippen LogP contribution in [0, 0.1) is 0 Å².